The highest BCUT2D eigenvalue weighted by Crippen LogP contribution is 2.21. The lowest BCUT2D eigenvalue weighted by atomic mass is 10.2. The van der Waals surface area contributed by atoms with Crippen molar-refractivity contribution in [2.24, 2.45) is 0 Å². The van der Waals surface area contributed by atoms with Gasteiger partial charge in [0.2, 0.25) is 0 Å². The fourth-order valence-electron chi connectivity index (χ4n) is 1.60. The molecule has 1 N–H and O–H groups in total. The number of unbranched alkanes of at least 4 members (excludes halogenated alkanes) is 2. The lowest BCUT2D eigenvalue weighted by Crippen LogP contribution is -2.14. The van der Waals surface area contributed by atoms with Gasteiger partial charge in [-0.25, -0.2) is 0 Å². The second-order valence-electron chi connectivity index (χ2n) is 4.17. The lowest BCUT2D eigenvalue weighted by Gasteiger charge is -2.07. The van der Waals surface area contributed by atoms with Crippen LogP contribution in [0.3, 0.4) is 0 Å². The van der Waals surface area contributed by atoms with Crippen molar-refractivity contribution in [3.63, 3.8) is 0 Å². The minimum atomic E-state index is 0.813. The topological polar surface area (TPSA) is 21.3 Å². The molecule has 17 heavy (non-hydrogen) atoms. The third-order valence-electron chi connectivity index (χ3n) is 2.65. The molecule has 0 saturated carbocycles. The van der Waals surface area contributed by atoms with Gasteiger partial charge in [-0.15, -0.1) is 0 Å². The summed E-state index contributed by atoms with van der Waals surface area (Å²) in [4.78, 5) is 0. The average Bonchev–Trinajstić information content (AvgIpc) is 2.32. The summed E-state index contributed by atoms with van der Waals surface area (Å²) in [6.45, 7) is 7.21. The molecule has 0 amide bonds. The Kier molecular flexibility index (Phi) is 7.29. The second kappa shape index (κ2) is 8.54. The Morgan fingerprint density at radius 1 is 1.24 bits per heavy atom. The van der Waals surface area contributed by atoms with Crippen LogP contribution in [0, 0.1) is 6.92 Å². The molecule has 96 valence electrons. The standard InChI is InChI=1S/C14H22BrNO/c1-3-16-9-5-4-6-10-17-13-7-8-14(15)12(2)11-13/h7-8,11,16H,3-6,9-10H2,1-2H3. The number of halogens is 1. The van der Waals surface area contributed by atoms with Crippen molar-refractivity contribution in [1.82, 2.24) is 5.32 Å². The molecule has 0 fully saturated rings. The molecule has 0 bridgehead atoms. The van der Waals surface area contributed by atoms with Crippen molar-refractivity contribution >= 4 is 15.9 Å². The van der Waals surface area contributed by atoms with Crippen molar-refractivity contribution in [3.8, 4) is 5.75 Å². The zero-order valence-corrected chi connectivity index (χ0v) is 12.3. The van der Waals surface area contributed by atoms with E-state index in [1.54, 1.807) is 0 Å². The number of hydrogen-bond acceptors (Lipinski definition) is 2. The number of aryl methyl sites for hydroxylation is 1. The minimum Gasteiger partial charge on any atom is -0.494 e. The maximum atomic E-state index is 5.71. The molecule has 0 heterocycles. The third-order valence-corrected chi connectivity index (χ3v) is 3.54. The Labute approximate surface area is 113 Å². The van der Waals surface area contributed by atoms with Gasteiger partial charge in [0, 0.05) is 4.47 Å². The molecule has 1 aromatic rings. The number of ether oxygens (including phenoxy) is 1. The van der Waals surface area contributed by atoms with Crippen molar-refractivity contribution in [3.05, 3.63) is 28.2 Å². The zero-order valence-electron chi connectivity index (χ0n) is 10.8. The Balaban J connectivity index is 2.11. The van der Waals surface area contributed by atoms with Gasteiger partial charge in [-0.05, 0) is 63.0 Å². The van der Waals surface area contributed by atoms with Crippen molar-refractivity contribution < 1.29 is 4.74 Å². The first-order valence-corrected chi connectivity index (χ1v) is 7.13. The van der Waals surface area contributed by atoms with E-state index in [0.29, 0.717) is 0 Å². The highest BCUT2D eigenvalue weighted by Gasteiger charge is 1.98. The van der Waals surface area contributed by atoms with Gasteiger partial charge >= 0.3 is 0 Å². The van der Waals surface area contributed by atoms with E-state index in [4.69, 9.17) is 4.74 Å². The van der Waals surface area contributed by atoms with Crippen LogP contribution < -0.4 is 10.1 Å². The summed E-state index contributed by atoms with van der Waals surface area (Å²) in [5.74, 6) is 0.970. The normalized spacial score (nSPS) is 10.5. The van der Waals surface area contributed by atoms with Gasteiger partial charge in [-0.2, -0.15) is 0 Å². The van der Waals surface area contributed by atoms with Gasteiger partial charge in [-0.1, -0.05) is 22.9 Å². The molecule has 0 radical (unpaired) electrons. The quantitative estimate of drug-likeness (QED) is 0.735. The van der Waals surface area contributed by atoms with Crippen LogP contribution in [-0.4, -0.2) is 19.7 Å². The van der Waals surface area contributed by atoms with Gasteiger partial charge in [0.05, 0.1) is 6.61 Å². The Morgan fingerprint density at radius 2 is 2.06 bits per heavy atom. The van der Waals surface area contributed by atoms with Gasteiger partial charge in [0.15, 0.2) is 0 Å². The zero-order chi connectivity index (χ0) is 12.5. The van der Waals surface area contributed by atoms with Crippen LogP contribution in [0.2, 0.25) is 0 Å². The second-order valence-corrected chi connectivity index (χ2v) is 5.03. The molecule has 0 aliphatic heterocycles. The summed E-state index contributed by atoms with van der Waals surface area (Å²) in [6, 6.07) is 6.12. The molecule has 2 nitrogen and oxygen atoms in total. The Bertz CT molecular complexity index is 328. The van der Waals surface area contributed by atoms with Gasteiger partial charge in [0.1, 0.15) is 5.75 Å². The fraction of sp³-hybridized carbons (Fsp3) is 0.571. The predicted molar refractivity (Wildman–Crippen MR) is 76.8 cm³/mol. The SMILES string of the molecule is CCNCCCCCOc1ccc(Br)c(C)c1. The summed E-state index contributed by atoms with van der Waals surface area (Å²) < 4.78 is 6.84. The van der Waals surface area contributed by atoms with Crippen LogP contribution in [0.4, 0.5) is 0 Å². The van der Waals surface area contributed by atoms with E-state index in [-0.39, 0.29) is 0 Å². The van der Waals surface area contributed by atoms with Crippen molar-refractivity contribution in [2.75, 3.05) is 19.7 Å². The Hall–Kier alpha value is -0.540. The molecule has 0 aliphatic rings. The first-order valence-electron chi connectivity index (χ1n) is 6.33. The number of benzene rings is 1. The van der Waals surface area contributed by atoms with E-state index < -0.39 is 0 Å². The van der Waals surface area contributed by atoms with E-state index in [0.717, 1.165) is 36.3 Å². The Morgan fingerprint density at radius 3 is 2.76 bits per heavy atom. The minimum absolute atomic E-state index is 0.813. The summed E-state index contributed by atoms with van der Waals surface area (Å²) in [5, 5.41) is 3.32. The maximum Gasteiger partial charge on any atom is 0.119 e. The summed E-state index contributed by atoms with van der Waals surface area (Å²) >= 11 is 3.48. The molecule has 1 rings (SSSR count). The van der Waals surface area contributed by atoms with Gasteiger partial charge in [-0.3, -0.25) is 0 Å². The van der Waals surface area contributed by atoms with Crippen LogP contribution in [-0.2, 0) is 0 Å². The lowest BCUT2D eigenvalue weighted by molar-refractivity contribution is 0.305. The van der Waals surface area contributed by atoms with Crippen LogP contribution in [0.25, 0.3) is 0 Å². The fourth-order valence-corrected chi connectivity index (χ4v) is 1.85. The molecule has 0 atom stereocenters. The highest BCUT2D eigenvalue weighted by atomic mass is 79.9. The van der Waals surface area contributed by atoms with Gasteiger partial charge in [0.25, 0.3) is 0 Å². The van der Waals surface area contributed by atoms with E-state index in [9.17, 15) is 0 Å². The molecule has 0 unspecified atom stereocenters. The molecule has 0 aromatic heterocycles. The molecule has 0 spiro atoms. The van der Waals surface area contributed by atoms with E-state index in [1.165, 1.54) is 18.4 Å². The third kappa shape index (κ3) is 6.08. The first-order chi connectivity index (χ1) is 8.24. The molecule has 3 heteroatoms. The molecule has 0 saturated heterocycles. The summed E-state index contributed by atoms with van der Waals surface area (Å²) in [6.07, 6.45) is 3.58. The van der Waals surface area contributed by atoms with Crippen molar-refractivity contribution in [2.45, 2.75) is 33.1 Å². The highest BCUT2D eigenvalue weighted by molar-refractivity contribution is 9.10. The van der Waals surface area contributed by atoms with Crippen LogP contribution in [0.5, 0.6) is 5.75 Å². The van der Waals surface area contributed by atoms with Crippen LogP contribution in [0.15, 0.2) is 22.7 Å². The van der Waals surface area contributed by atoms with Crippen LogP contribution >= 0.6 is 15.9 Å². The molecular formula is C14H22BrNO. The van der Waals surface area contributed by atoms with Crippen molar-refractivity contribution in [1.29, 1.82) is 0 Å². The molecular weight excluding hydrogens is 278 g/mol. The van der Waals surface area contributed by atoms with E-state index in [2.05, 4.69) is 41.2 Å². The van der Waals surface area contributed by atoms with E-state index >= 15 is 0 Å². The smallest absolute Gasteiger partial charge is 0.119 e. The molecule has 1 aromatic carbocycles. The first kappa shape index (κ1) is 14.5. The number of rotatable bonds is 8. The number of hydrogen-bond donors (Lipinski definition) is 1. The average molecular weight is 300 g/mol. The van der Waals surface area contributed by atoms with E-state index in [1.807, 2.05) is 12.1 Å². The predicted octanol–water partition coefficient (Wildman–Crippen LogP) is 3.92. The monoisotopic (exact) mass is 299 g/mol. The number of nitrogens with one attached hydrogen (secondary N) is 1. The summed E-state index contributed by atoms with van der Waals surface area (Å²) in [7, 11) is 0. The maximum absolute atomic E-state index is 5.71. The largest absolute Gasteiger partial charge is 0.494 e. The van der Waals surface area contributed by atoms with Gasteiger partial charge < -0.3 is 10.1 Å². The molecule has 0 aliphatic carbocycles. The summed E-state index contributed by atoms with van der Waals surface area (Å²) in [5.41, 5.74) is 1.22. The van der Waals surface area contributed by atoms with Crippen LogP contribution in [0.1, 0.15) is 31.7 Å².